The average Bonchev–Trinajstić information content (AvgIpc) is 2.42. The zero-order valence-corrected chi connectivity index (χ0v) is 10.6. The first kappa shape index (κ1) is 12.2. The molecule has 2 heteroatoms. The fourth-order valence-corrected chi connectivity index (χ4v) is 1.90. The zero-order valence-electron chi connectivity index (χ0n) is 10.6. The molecule has 2 rings (SSSR count). The number of ether oxygens (including phenoxy) is 1. The molecule has 0 fully saturated rings. The molecule has 1 aliphatic rings. The van der Waals surface area contributed by atoms with E-state index >= 15 is 0 Å². The standard InChI is InChI=1S/C16H15NO/c1-4-15-11-14(9-10-18-15)16(17-3)13-7-5-12(2)6-8-13/h1,5-11,14H,2-3H3/b17-16-. The third kappa shape index (κ3) is 2.52. The third-order valence-corrected chi connectivity index (χ3v) is 2.86. The molecule has 18 heavy (non-hydrogen) atoms. The molecule has 0 saturated carbocycles. The van der Waals surface area contributed by atoms with Gasteiger partial charge in [-0.3, -0.25) is 4.99 Å². The molecule has 0 saturated heterocycles. The highest BCUT2D eigenvalue weighted by Crippen LogP contribution is 2.19. The minimum atomic E-state index is 0.0671. The molecule has 1 unspecified atom stereocenters. The lowest BCUT2D eigenvalue weighted by atomic mass is 9.94. The minimum Gasteiger partial charge on any atom is -0.457 e. The van der Waals surface area contributed by atoms with Gasteiger partial charge >= 0.3 is 0 Å². The minimum absolute atomic E-state index is 0.0671. The molecular formula is C16H15NO. The zero-order chi connectivity index (χ0) is 13.0. The number of aryl methyl sites for hydroxylation is 1. The number of terminal acetylenes is 1. The Bertz CT molecular complexity index is 556. The summed E-state index contributed by atoms with van der Waals surface area (Å²) in [7, 11) is 1.79. The molecule has 0 spiro atoms. The van der Waals surface area contributed by atoms with Crippen LogP contribution in [0.1, 0.15) is 11.1 Å². The Balaban J connectivity index is 2.33. The van der Waals surface area contributed by atoms with Crippen LogP contribution in [0, 0.1) is 25.2 Å². The first-order valence-electron chi connectivity index (χ1n) is 5.80. The lowest BCUT2D eigenvalue weighted by Gasteiger charge is -2.16. The van der Waals surface area contributed by atoms with E-state index in [1.165, 1.54) is 5.56 Å². The van der Waals surface area contributed by atoms with Gasteiger partial charge in [-0.15, -0.1) is 6.42 Å². The SMILES string of the molecule is C#CC1=CC(/C(=N\C)c2ccc(C)cc2)C=CO1. The van der Waals surface area contributed by atoms with Crippen molar-refractivity contribution in [2.75, 3.05) is 7.05 Å². The molecule has 0 aromatic heterocycles. The summed E-state index contributed by atoms with van der Waals surface area (Å²) in [5, 5.41) is 0. The Morgan fingerprint density at radius 3 is 2.67 bits per heavy atom. The summed E-state index contributed by atoms with van der Waals surface area (Å²) in [6.45, 7) is 2.07. The van der Waals surface area contributed by atoms with E-state index < -0.39 is 0 Å². The van der Waals surface area contributed by atoms with Crippen molar-refractivity contribution in [1.29, 1.82) is 0 Å². The van der Waals surface area contributed by atoms with Crippen LogP contribution in [0.25, 0.3) is 0 Å². The summed E-state index contributed by atoms with van der Waals surface area (Å²) in [5.74, 6) is 3.11. The van der Waals surface area contributed by atoms with Crippen LogP contribution in [0.15, 0.2) is 53.4 Å². The monoisotopic (exact) mass is 237 g/mol. The van der Waals surface area contributed by atoms with E-state index in [-0.39, 0.29) is 5.92 Å². The second-order valence-corrected chi connectivity index (χ2v) is 4.12. The topological polar surface area (TPSA) is 21.6 Å². The van der Waals surface area contributed by atoms with Gasteiger partial charge in [0.25, 0.3) is 0 Å². The second-order valence-electron chi connectivity index (χ2n) is 4.12. The van der Waals surface area contributed by atoms with Gasteiger partial charge in [0.05, 0.1) is 12.0 Å². The Kier molecular flexibility index (Phi) is 3.64. The van der Waals surface area contributed by atoms with Crippen LogP contribution in [0.3, 0.4) is 0 Å². The summed E-state index contributed by atoms with van der Waals surface area (Å²) in [5.41, 5.74) is 3.33. The van der Waals surface area contributed by atoms with Crippen molar-refractivity contribution in [3.8, 4) is 12.3 Å². The number of rotatable bonds is 2. The number of hydrogen-bond acceptors (Lipinski definition) is 2. The first-order chi connectivity index (χ1) is 8.74. The molecule has 1 aliphatic heterocycles. The van der Waals surface area contributed by atoms with Crippen LogP contribution in [0.4, 0.5) is 0 Å². The van der Waals surface area contributed by atoms with Crippen molar-refractivity contribution in [2.24, 2.45) is 10.9 Å². The van der Waals surface area contributed by atoms with E-state index in [4.69, 9.17) is 11.2 Å². The van der Waals surface area contributed by atoms with Crippen molar-refractivity contribution in [1.82, 2.24) is 0 Å². The molecule has 1 aromatic carbocycles. The number of aliphatic imine (C=N–C) groups is 1. The normalized spacial score (nSPS) is 18.8. The molecule has 0 bridgehead atoms. The highest BCUT2D eigenvalue weighted by Gasteiger charge is 2.16. The summed E-state index contributed by atoms with van der Waals surface area (Å²) in [4.78, 5) is 4.38. The highest BCUT2D eigenvalue weighted by molar-refractivity contribution is 6.04. The predicted octanol–water partition coefficient (Wildman–Crippen LogP) is 3.09. The fraction of sp³-hybridized carbons (Fsp3) is 0.188. The summed E-state index contributed by atoms with van der Waals surface area (Å²) >= 11 is 0. The van der Waals surface area contributed by atoms with Gasteiger partial charge in [0.1, 0.15) is 0 Å². The van der Waals surface area contributed by atoms with E-state index in [1.54, 1.807) is 13.3 Å². The van der Waals surface area contributed by atoms with E-state index in [2.05, 4.69) is 42.1 Å². The quantitative estimate of drug-likeness (QED) is 0.572. The van der Waals surface area contributed by atoms with Crippen LogP contribution in [0.2, 0.25) is 0 Å². The average molecular weight is 237 g/mol. The van der Waals surface area contributed by atoms with Crippen LogP contribution in [-0.4, -0.2) is 12.8 Å². The van der Waals surface area contributed by atoms with E-state index in [1.807, 2.05) is 12.2 Å². The molecule has 0 radical (unpaired) electrons. The molecule has 1 atom stereocenters. The van der Waals surface area contributed by atoms with Crippen LogP contribution in [-0.2, 0) is 4.74 Å². The molecule has 0 amide bonds. The molecule has 1 heterocycles. The van der Waals surface area contributed by atoms with Crippen molar-refractivity contribution in [2.45, 2.75) is 6.92 Å². The van der Waals surface area contributed by atoms with Crippen LogP contribution >= 0.6 is 0 Å². The predicted molar refractivity (Wildman–Crippen MR) is 74.3 cm³/mol. The van der Waals surface area contributed by atoms with E-state index in [0.717, 1.165) is 11.3 Å². The Morgan fingerprint density at radius 2 is 2.06 bits per heavy atom. The van der Waals surface area contributed by atoms with Gasteiger partial charge in [0.2, 0.25) is 0 Å². The van der Waals surface area contributed by atoms with Crippen LogP contribution in [0.5, 0.6) is 0 Å². The van der Waals surface area contributed by atoms with Gasteiger partial charge in [0.15, 0.2) is 5.76 Å². The summed E-state index contributed by atoms with van der Waals surface area (Å²) in [6.07, 6.45) is 10.8. The molecule has 0 N–H and O–H groups in total. The smallest absolute Gasteiger partial charge is 0.173 e. The Hall–Kier alpha value is -2.27. The second kappa shape index (κ2) is 5.37. The third-order valence-electron chi connectivity index (χ3n) is 2.86. The van der Waals surface area contributed by atoms with Gasteiger partial charge in [-0.05, 0) is 30.6 Å². The van der Waals surface area contributed by atoms with Gasteiger partial charge < -0.3 is 4.74 Å². The van der Waals surface area contributed by atoms with Crippen LogP contribution < -0.4 is 0 Å². The molecule has 1 aromatic rings. The van der Waals surface area contributed by atoms with Gasteiger partial charge in [-0.1, -0.05) is 29.8 Å². The van der Waals surface area contributed by atoms with Crippen molar-refractivity contribution in [3.63, 3.8) is 0 Å². The number of benzene rings is 1. The number of hydrogen-bond donors (Lipinski definition) is 0. The van der Waals surface area contributed by atoms with Crippen molar-refractivity contribution in [3.05, 3.63) is 59.6 Å². The Labute approximate surface area is 108 Å². The summed E-state index contributed by atoms with van der Waals surface area (Å²) in [6, 6.07) is 8.30. The Morgan fingerprint density at radius 1 is 1.33 bits per heavy atom. The maximum Gasteiger partial charge on any atom is 0.173 e. The van der Waals surface area contributed by atoms with Crippen molar-refractivity contribution >= 4 is 5.71 Å². The maximum atomic E-state index is 5.35. The lowest BCUT2D eigenvalue weighted by molar-refractivity contribution is 0.360. The van der Waals surface area contributed by atoms with Crippen molar-refractivity contribution < 1.29 is 4.74 Å². The van der Waals surface area contributed by atoms with Gasteiger partial charge in [-0.2, -0.15) is 0 Å². The summed E-state index contributed by atoms with van der Waals surface area (Å²) < 4.78 is 5.20. The fourth-order valence-electron chi connectivity index (χ4n) is 1.90. The molecule has 2 nitrogen and oxygen atoms in total. The van der Waals surface area contributed by atoms with Gasteiger partial charge in [-0.25, -0.2) is 0 Å². The molecular weight excluding hydrogens is 222 g/mol. The van der Waals surface area contributed by atoms with E-state index in [9.17, 15) is 0 Å². The maximum absolute atomic E-state index is 5.35. The molecule has 90 valence electrons. The number of allylic oxidation sites excluding steroid dienone is 3. The first-order valence-corrected chi connectivity index (χ1v) is 5.80. The largest absolute Gasteiger partial charge is 0.457 e. The highest BCUT2D eigenvalue weighted by atomic mass is 16.5. The molecule has 0 aliphatic carbocycles. The number of nitrogens with zero attached hydrogens (tertiary/aromatic N) is 1. The van der Waals surface area contributed by atoms with E-state index in [0.29, 0.717) is 5.76 Å². The lowest BCUT2D eigenvalue weighted by Crippen LogP contribution is -2.14. The van der Waals surface area contributed by atoms with Gasteiger partial charge in [0, 0.05) is 13.0 Å².